The van der Waals surface area contributed by atoms with Gasteiger partial charge in [-0.2, -0.15) is 5.10 Å². The maximum Gasteiger partial charge on any atom is 0.182 e. The minimum atomic E-state index is 0.0145. The van der Waals surface area contributed by atoms with Crippen molar-refractivity contribution in [1.29, 1.82) is 0 Å². The molecule has 1 aliphatic rings. The molecule has 5 nitrogen and oxygen atoms in total. The van der Waals surface area contributed by atoms with Gasteiger partial charge in [-0.05, 0) is 12.8 Å². The van der Waals surface area contributed by atoms with E-state index in [1.165, 1.54) is 0 Å². The van der Waals surface area contributed by atoms with E-state index in [4.69, 9.17) is 11.6 Å². The van der Waals surface area contributed by atoms with Crippen LogP contribution in [0.25, 0.3) is 22.3 Å². The third-order valence-corrected chi connectivity index (χ3v) is 4.32. The average molecular weight is 315 g/mol. The molecule has 0 spiro atoms. The highest BCUT2D eigenvalue weighted by Gasteiger charge is 2.31. The van der Waals surface area contributed by atoms with Crippen molar-refractivity contribution >= 4 is 22.6 Å². The lowest BCUT2D eigenvalue weighted by atomic mass is 10.1. The van der Waals surface area contributed by atoms with Crippen LogP contribution < -0.4 is 0 Å². The molecule has 0 radical (unpaired) electrons. The van der Waals surface area contributed by atoms with Gasteiger partial charge in [0, 0.05) is 11.5 Å². The Labute approximate surface area is 132 Å². The first-order valence-corrected chi connectivity index (χ1v) is 7.76. The second kappa shape index (κ2) is 5.34. The third kappa shape index (κ3) is 2.17. The minimum Gasteiger partial charge on any atom is -0.394 e. The Bertz CT molecular complexity index is 827. The van der Waals surface area contributed by atoms with Crippen molar-refractivity contribution in [1.82, 2.24) is 20.0 Å². The van der Waals surface area contributed by atoms with Crippen LogP contribution in [0.3, 0.4) is 0 Å². The minimum absolute atomic E-state index is 0.0145. The maximum atomic E-state index is 9.20. The lowest BCUT2D eigenvalue weighted by molar-refractivity contribution is 0.271. The van der Waals surface area contributed by atoms with Crippen LogP contribution in [0.5, 0.6) is 0 Å². The molecule has 1 fully saturated rings. The summed E-state index contributed by atoms with van der Waals surface area (Å²) in [4.78, 5) is 0. The summed E-state index contributed by atoms with van der Waals surface area (Å²) in [5, 5.41) is 23.9. The van der Waals surface area contributed by atoms with E-state index in [2.05, 4.69) is 15.3 Å². The van der Waals surface area contributed by atoms with Gasteiger partial charge in [-0.15, -0.1) is 10.2 Å². The first-order valence-electron chi connectivity index (χ1n) is 7.38. The molecule has 6 heteroatoms. The Balaban J connectivity index is 1.96. The van der Waals surface area contributed by atoms with Crippen LogP contribution in [0.15, 0.2) is 30.3 Å². The fourth-order valence-electron chi connectivity index (χ4n) is 2.72. The summed E-state index contributed by atoms with van der Waals surface area (Å²) in [5.74, 6) is 0.452. The summed E-state index contributed by atoms with van der Waals surface area (Å²) in [6.07, 6.45) is 2.26. The molecule has 4 rings (SSSR count). The number of halogens is 1. The molecular weight excluding hydrogens is 300 g/mol. The molecule has 1 N–H and O–H groups in total. The molecular formula is C16H15ClN4O. The van der Waals surface area contributed by atoms with Gasteiger partial charge >= 0.3 is 0 Å². The van der Waals surface area contributed by atoms with Crippen molar-refractivity contribution in [3.63, 3.8) is 0 Å². The van der Waals surface area contributed by atoms with Gasteiger partial charge in [0.25, 0.3) is 0 Å². The van der Waals surface area contributed by atoms with E-state index in [0.29, 0.717) is 28.8 Å². The first-order chi connectivity index (χ1) is 10.8. The summed E-state index contributed by atoms with van der Waals surface area (Å²) >= 11 is 6.65. The van der Waals surface area contributed by atoms with Crippen molar-refractivity contribution in [2.24, 2.45) is 0 Å². The number of hydrogen-bond donors (Lipinski definition) is 1. The normalized spacial score (nSPS) is 14.6. The predicted octanol–water partition coefficient (Wildman–Crippen LogP) is 3.02. The zero-order valence-electron chi connectivity index (χ0n) is 11.9. The molecule has 2 heterocycles. The summed E-state index contributed by atoms with van der Waals surface area (Å²) < 4.78 is 1.70. The molecule has 0 aliphatic heterocycles. The van der Waals surface area contributed by atoms with Crippen LogP contribution in [0.4, 0.5) is 0 Å². The molecule has 0 bridgehead atoms. The van der Waals surface area contributed by atoms with Crippen molar-refractivity contribution < 1.29 is 5.11 Å². The molecule has 0 unspecified atom stereocenters. The smallest absolute Gasteiger partial charge is 0.182 e. The number of aliphatic hydroxyl groups is 1. The van der Waals surface area contributed by atoms with Crippen molar-refractivity contribution in [2.45, 2.75) is 25.3 Å². The largest absolute Gasteiger partial charge is 0.394 e. The Kier molecular flexibility index (Phi) is 3.32. The number of benzene rings is 1. The molecule has 3 aromatic rings. The van der Waals surface area contributed by atoms with Crippen molar-refractivity contribution in [3.05, 3.63) is 41.0 Å². The van der Waals surface area contributed by atoms with E-state index < -0.39 is 0 Å². The fraction of sp³-hybridized carbons (Fsp3) is 0.312. The monoisotopic (exact) mass is 314 g/mol. The van der Waals surface area contributed by atoms with Crippen molar-refractivity contribution in [3.8, 4) is 11.3 Å². The van der Waals surface area contributed by atoms with Gasteiger partial charge in [-0.3, -0.25) is 0 Å². The van der Waals surface area contributed by atoms with Gasteiger partial charge < -0.3 is 5.11 Å². The molecule has 2 aromatic heterocycles. The van der Waals surface area contributed by atoms with Gasteiger partial charge in [-0.1, -0.05) is 41.9 Å². The Morgan fingerprint density at radius 1 is 1.18 bits per heavy atom. The van der Waals surface area contributed by atoms with E-state index in [1.54, 1.807) is 4.68 Å². The quantitative estimate of drug-likeness (QED) is 0.804. The average Bonchev–Trinajstić information content (AvgIpc) is 3.32. The fourth-order valence-corrected chi connectivity index (χ4v) is 3.04. The number of fused-ring (bicyclic) bond motifs is 1. The highest BCUT2D eigenvalue weighted by Crippen LogP contribution is 2.45. The van der Waals surface area contributed by atoms with Crippen LogP contribution in [0.1, 0.15) is 24.5 Å². The molecule has 1 saturated carbocycles. The van der Waals surface area contributed by atoms with Gasteiger partial charge in [-0.25, -0.2) is 4.68 Å². The Morgan fingerprint density at radius 2 is 1.95 bits per heavy atom. The van der Waals surface area contributed by atoms with E-state index in [0.717, 1.165) is 29.5 Å². The number of aromatic nitrogens is 4. The van der Waals surface area contributed by atoms with E-state index in [-0.39, 0.29) is 6.61 Å². The second-order valence-electron chi connectivity index (χ2n) is 5.53. The Morgan fingerprint density at radius 3 is 2.64 bits per heavy atom. The summed E-state index contributed by atoms with van der Waals surface area (Å²) in [5.41, 5.74) is 3.26. The molecule has 0 amide bonds. The van der Waals surface area contributed by atoms with Crippen LogP contribution in [-0.4, -0.2) is 31.7 Å². The van der Waals surface area contributed by atoms with E-state index in [9.17, 15) is 5.11 Å². The SMILES string of the molecule is OCCn1nc(C2CC2)c2c(Cl)c(-c3ccccc3)nnc21. The third-order valence-electron chi connectivity index (χ3n) is 3.95. The Hall–Kier alpha value is -1.98. The number of nitrogens with zero attached hydrogens (tertiary/aromatic N) is 4. The van der Waals surface area contributed by atoms with Crippen LogP contribution in [-0.2, 0) is 6.54 Å². The van der Waals surface area contributed by atoms with Gasteiger partial charge in [0.2, 0.25) is 0 Å². The summed E-state index contributed by atoms with van der Waals surface area (Å²) in [6.45, 7) is 0.416. The lowest BCUT2D eigenvalue weighted by Crippen LogP contribution is -2.05. The number of hydrogen-bond acceptors (Lipinski definition) is 4. The van der Waals surface area contributed by atoms with Crippen LogP contribution in [0, 0.1) is 0 Å². The van der Waals surface area contributed by atoms with Gasteiger partial charge in [0.15, 0.2) is 5.65 Å². The summed E-state index contributed by atoms with van der Waals surface area (Å²) in [7, 11) is 0. The molecule has 112 valence electrons. The van der Waals surface area contributed by atoms with Crippen molar-refractivity contribution in [2.75, 3.05) is 6.61 Å². The first kappa shape index (κ1) is 13.7. The van der Waals surface area contributed by atoms with Crippen LogP contribution in [0.2, 0.25) is 5.02 Å². The van der Waals surface area contributed by atoms with Crippen LogP contribution >= 0.6 is 11.6 Å². The highest BCUT2D eigenvalue weighted by atomic mass is 35.5. The second-order valence-corrected chi connectivity index (χ2v) is 5.91. The number of aliphatic hydroxyl groups excluding tert-OH is 1. The number of rotatable bonds is 4. The molecule has 22 heavy (non-hydrogen) atoms. The summed E-state index contributed by atoms with van der Waals surface area (Å²) in [6, 6.07) is 9.80. The van der Waals surface area contributed by atoms with E-state index >= 15 is 0 Å². The zero-order valence-corrected chi connectivity index (χ0v) is 12.7. The maximum absolute atomic E-state index is 9.20. The zero-order chi connectivity index (χ0) is 15.1. The predicted molar refractivity (Wildman–Crippen MR) is 84.8 cm³/mol. The molecule has 0 saturated heterocycles. The van der Waals surface area contributed by atoms with E-state index in [1.807, 2.05) is 30.3 Å². The lowest BCUT2D eigenvalue weighted by Gasteiger charge is -2.05. The van der Waals surface area contributed by atoms with Gasteiger partial charge in [0.1, 0.15) is 5.69 Å². The molecule has 1 aromatic carbocycles. The molecule has 1 aliphatic carbocycles. The van der Waals surface area contributed by atoms with Gasteiger partial charge in [0.05, 0.1) is 29.3 Å². The highest BCUT2D eigenvalue weighted by molar-refractivity contribution is 6.37. The molecule has 0 atom stereocenters. The standard InChI is InChI=1S/C16H15ClN4O/c17-13-12-14(11-6-7-11)20-21(8-9-22)16(12)19-18-15(13)10-4-2-1-3-5-10/h1-5,11,22H,6-9H2. The topological polar surface area (TPSA) is 63.8 Å².